The molecule has 1 aromatic heterocycles. The van der Waals surface area contributed by atoms with Gasteiger partial charge in [-0.15, -0.1) is 0 Å². The molecule has 0 unspecified atom stereocenters. The van der Waals surface area contributed by atoms with Crippen LogP contribution in [0.15, 0.2) is 24.3 Å². The summed E-state index contributed by atoms with van der Waals surface area (Å²) in [4.78, 5) is 23.7. The van der Waals surface area contributed by atoms with Gasteiger partial charge < -0.3 is 15.1 Å². The molecule has 0 bridgehead atoms. The van der Waals surface area contributed by atoms with Crippen molar-refractivity contribution in [3.8, 4) is 0 Å². The highest BCUT2D eigenvalue weighted by atomic mass is 35.5. The number of aromatic nitrogens is 2. The quantitative estimate of drug-likeness (QED) is 0.843. The van der Waals surface area contributed by atoms with E-state index in [4.69, 9.17) is 23.2 Å². The third kappa shape index (κ3) is 3.88. The predicted molar refractivity (Wildman–Crippen MR) is 96.4 cm³/mol. The smallest absolute Gasteiger partial charge is 0.229 e. The SMILES string of the molecule is Cc1cc(N2CCN(C=O)CC2)nc(Nc2ccc(Cl)cc2Cl)n1. The van der Waals surface area contributed by atoms with Gasteiger partial charge in [0.15, 0.2) is 0 Å². The molecule has 2 heterocycles. The first-order chi connectivity index (χ1) is 11.5. The number of carbonyl (C=O) groups excluding carboxylic acids is 1. The number of amides is 1. The molecule has 0 atom stereocenters. The number of nitrogens with zero attached hydrogens (tertiary/aromatic N) is 4. The number of hydrogen-bond donors (Lipinski definition) is 1. The van der Waals surface area contributed by atoms with Crippen molar-refractivity contribution in [1.29, 1.82) is 0 Å². The van der Waals surface area contributed by atoms with E-state index < -0.39 is 0 Å². The van der Waals surface area contributed by atoms with Crippen LogP contribution in [0.25, 0.3) is 0 Å². The number of nitrogens with one attached hydrogen (secondary N) is 1. The Labute approximate surface area is 150 Å². The molecule has 126 valence electrons. The van der Waals surface area contributed by atoms with Crippen molar-refractivity contribution in [2.75, 3.05) is 36.4 Å². The highest BCUT2D eigenvalue weighted by Gasteiger charge is 2.18. The van der Waals surface area contributed by atoms with Gasteiger partial charge in [-0.2, -0.15) is 4.98 Å². The van der Waals surface area contributed by atoms with Crippen molar-refractivity contribution < 1.29 is 4.79 Å². The van der Waals surface area contributed by atoms with Gasteiger partial charge in [0.2, 0.25) is 12.4 Å². The van der Waals surface area contributed by atoms with Crippen LogP contribution in [0.4, 0.5) is 17.5 Å². The van der Waals surface area contributed by atoms with Crippen molar-refractivity contribution in [3.05, 3.63) is 40.0 Å². The predicted octanol–water partition coefficient (Wildman–Crippen LogP) is 3.11. The van der Waals surface area contributed by atoms with Crippen LogP contribution in [0, 0.1) is 6.92 Å². The first kappa shape index (κ1) is 16.8. The Hall–Kier alpha value is -2.05. The van der Waals surface area contributed by atoms with Crippen molar-refractivity contribution >= 4 is 47.1 Å². The molecule has 1 fully saturated rings. The van der Waals surface area contributed by atoms with Gasteiger partial charge >= 0.3 is 0 Å². The largest absolute Gasteiger partial charge is 0.353 e. The fourth-order valence-corrected chi connectivity index (χ4v) is 2.99. The number of carbonyl (C=O) groups is 1. The lowest BCUT2D eigenvalue weighted by molar-refractivity contribution is -0.118. The second-order valence-electron chi connectivity index (χ2n) is 5.57. The maximum absolute atomic E-state index is 10.8. The van der Waals surface area contributed by atoms with Gasteiger partial charge in [-0.3, -0.25) is 4.79 Å². The number of halogens is 2. The Morgan fingerprint density at radius 2 is 1.88 bits per heavy atom. The molecule has 6 nitrogen and oxygen atoms in total. The molecule has 2 aromatic rings. The zero-order valence-corrected chi connectivity index (χ0v) is 14.7. The minimum Gasteiger partial charge on any atom is -0.353 e. The molecule has 1 amide bonds. The van der Waals surface area contributed by atoms with Crippen LogP contribution in [-0.4, -0.2) is 47.5 Å². The monoisotopic (exact) mass is 365 g/mol. The molecule has 1 aliphatic heterocycles. The van der Waals surface area contributed by atoms with Gasteiger partial charge in [0.05, 0.1) is 10.7 Å². The fourth-order valence-electron chi connectivity index (χ4n) is 2.54. The first-order valence-corrected chi connectivity index (χ1v) is 8.33. The van der Waals surface area contributed by atoms with E-state index in [0.29, 0.717) is 34.8 Å². The maximum Gasteiger partial charge on any atom is 0.229 e. The standard InChI is InChI=1S/C16H17Cl2N5O/c1-11-8-15(23-6-4-22(10-24)5-7-23)21-16(19-11)20-14-3-2-12(17)9-13(14)18/h2-3,8-10H,4-7H2,1H3,(H,19,20,21). The van der Waals surface area contributed by atoms with Gasteiger partial charge in [0.1, 0.15) is 5.82 Å². The zero-order chi connectivity index (χ0) is 17.1. The Kier molecular flexibility index (Phi) is 5.06. The average molecular weight is 366 g/mol. The molecule has 1 saturated heterocycles. The summed E-state index contributed by atoms with van der Waals surface area (Å²) in [5.41, 5.74) is 1.55. The molecular weight excluding hydrogens is 349 g/mol. The van der Waals surface area contributed by atoms with Gasteiger partial charge in [0.25, 0.3) is 0 Å². The molecule has 0 spiro atoms. The van der Waals surface area contributed by atoms with Crippen LogP contribution in [0.2, 0.25) is 10.0 Å². The summed E-state index contributed by atoms with van der Waals surface area (Å²) >= 11 is 12.1. The van der Waals surface area contributed by atoms with E-state index in [1.54, 1.807) is 23.1 Å². The molecule has 0 saturated carbocycles. The van der Waals surface area contributed by atoms with Crippen molar-refractivity contribution in [2.24, 2.45) is 0 Å². The van der Waals surface area contributed by atoms with Crippen LogP contribution in [0.1, 0.15) is 5.69 Å². The topological polar surface area (TPSA) is 61.4 Å². The van der Waals surface area contributed by atoms with E-state index in [2.05, 4.69) is 20.2 Å². The number of piperazine rings is 1. The van der Waals surface area contributed by atoms with Crippen LogP contribution < -0.4 is 10.2 Å². The Morgan fingerprint density at radius 1 is 1.12 bits per heavy atom. The van der Waals surface area contributed by atoms with E-state index >= 15 is 0 Å². The fraction of sp³-hybridized carbons (Fsp3) is 0.312. The molecule has 3 rings (SSSR count). The number of hydrogen-bond acceptors (Lipinski definition) is 5. The molecule has 0 aliphatic carbocycles. The second kappa shape index (κ2) is 7.23. The lowest BCUT2D eigenvalue weighted by Crippen LogP contribution is -2.46. The van der Waals surface area contributed by atoms with E-state index in [1.807, 2.05) is 13.0 Å². The minimum absolute atomic E-state index is 0.479. The summed E-state index contributed by atoms with van der Waals surface area (Å²) in [5.74, 6) is 1.31. The van der Waals surface area contributed by atoms with Crippen LogP contribution in [0.3, 0.4) is 0 Å². The van der Waals surface area contributed by atoms with Gasteiger partial charge in [-0.05, 0) is 25.1 Å². The Morgan fingerprint density at radius 3 is 2.54 bits per heavy atom. The van der Waals surface area contributed by atoms with E-state index in [1.165, 1.54) is 0 Å². The van der Waals surface area contributed by atoms with Crippen LogP contribution in [0.5, 0.6) is 0 Å². The molecule has 24 heavy (non-hydrogen) atoms. The minimum atomic E-state index is 0.479. The Balaban J connectivity index is 1.80. The van der Waals surface area contributed by atoms with E-state index in [0.717, 1.165) is 31.0 Å². The summed E-state index contributed by atoms with van der Waals surface area (Å²) in [6.07, 6.45) is 0.887. The molecule has 1 N–H and O–H groups in total. The lowest BCUT2D eigenvalue weighted by atomic mass is 10.3. The number of anilines is 3. The summed E-state index contributed by atoms with van der Waals surface area (Å²) in [5, 5.41) is 4.22. The molecule has 8 heteroatoms. The van der Waals surface area contributed by atoms with E-state index in [9.17, 15) is 4.79 Å². The average Bonchev–Trinajstić information content (AvgIpc) is 2.57. The number of rotatable bonds is 4. The van der Waals surface area contributed by atoms with Crippen molar-refractivity contribution in [3.63, 3.8) is 0 Å². The third-order valence-electron chi connectivity index (χ3n) is 3.81. The summed E-state index contributed by atoms with van der Waals surface area (Å²) in [6.45, 7) is 4.80. The van der Waals surface area contributed by atoms with Crippen molar-refractivity contribution in [2.45, 2.75) is 6.92 Å². The Bertz CT molecular complexity index is 747. The molecule has 0 radical (unpaired) electrons. The normalized spacial score (nSPS) is 14.6. The van der Waals surface area contributed by atoms with Gasteiger partial charge in [-0.25, -0.2) is 4.98 Å². The van der Waals surface area contributed by atoms with Crippen LogP contribution in [-0.2, 0) is 4.79 Å². The van der Waals surface area contributed by atoms with Crippen LogP contribution >= 0.6 is 23.2 Å². The molecular formula is C16H17Cl2N5O. The highest BCUT2D eigenvalue weighted by molar-refractivity contribution is 6.36. The number of benzene rings is 1. The summed E-state index contributed by atoms with van der Waals surface area (Å²) in [6, 6.07) is 7.15. The van der Waals surface area contributed by atoms with E-state index in [-0.39, 0.29) is 0 Å². The number of aryl methyl sites for hydroxylation is 1. The molecule has 1 aromatic carbocycles. The van der Waals surface area contributed by atoms with Crippen molar-refractivity contribution in [1.82, 2.24) is 14.9 Å². The first-order valence-electron chi connectivity index (χ1n) is 7.57. The summed E-state index contributed by atoms with van der Waals surface area (Å²) in [7, 11) is 0. The highest BCUT2D eigenvalue weighted by Crippen LogP contribution is 2.28. The lowest BCUT2D eigenvalue weighted by Gasteiger charge is -2.33. The van der Waals surface area contributed by atoms with Gasteiger partial charge in [0, 0.05) is 43.0 Å². The zero-order valence-electron chi connectivity index (χ0n) is 13.2. The third-order valence-corrected chi connectivity index (χ3v) is 4.35. The maximum atomic E-state index is 10.8. The molecule has 1 aliphatic rings. The van der Waals surface area contributed by atoms with Gasteiger partial charge in [-0.1, -0.05) is 23.2 Å². The summed E-state index contributed by atoms with van der Waals surface area (Å²) < 4.78 is 0. The second-order valence-corrected chi connectivity index (χ2v) is 6.41.